The van der Waals surface area contributed by atoms with Crippen molar-refractivity contribution in [1.29, 1.82) is 0 Å². The highest BCUT2D eigenvalue weighted by Crippen LogP contribution is 2.27. The topological polar surface area (TPSA) is 66.8 Å². The molecular weight excluding hydrogens is 282 g/mol. The second-order valence-electron chi connectivity index (χ2n) is 4.15. The highest BCUT2D eigenvalue weighted by atomic mass is 19.1. The monoisotopic (exact) mass is 296 g/mol. The first-order valence-electron chi connectivity index (χ1n) is 5.83. The molecule has 1 rings (SSSR count). The van der Waals surface area contributed by atoms with Crippen molar-refractivity contribution in [2.75, 3.05) is 6.61 Å². The molecule has 1 aromatic rings. The Morgan fingerprint density at radius 2 is 1.95 bits per heavy atom. The number of Topliss-reactive ketones (excluding diaryl/α,β-unsaturated/α-hetero) is 1. The number of halogens is 2. The van der Waals surface area contributed by atoms with Crippen molar-refractivity contribution in [3.63, 3.8) is 0 Å². The number of rotatable bonds is 6. The van der Waals surface area contributed by atoms with Gasteiger partial charge in [-0.15, -0.1) is 0 Å². The maximum absolute atomic E-state index is 13.2. The zero-order valence-corrected chi connectivity index (χ0v) is 11.3. The van der Waals surface area contributed by atoms with Crippen LogP contribution in [-0.2, 0) is 4.74 Å². The zero-order valence-electron chi connectivity index (χ0n) is 11.3. The highest BCUT2D eigenvalue weighted by Gasteiger charge is 2.17. The van der Waals surface area contributed by atoms with Gasteiger partial charge in [-0.3, -0.25) is 4.79 Å². The second kappa shape index (κ2) is 6.69. The first-order chi connectivity index (χ1) is 9.77. The zero-order chi connectivity index (χ0) is 16.2. The maximum Gasteiger partial charge on any atom is 0.203 e. The third kappa shape index (κ3) is 3.92. The van der Waals surface area contributed by atoms with Crippen LogP contribution in [-0.4, -0.2) is 22.6 Å². The van der Waals surface area contributed by atoms with Gasteiger partial charge in [0.2, 0.25) is 5.78 Å². The Morgan fingerprint density at radius 3 is 2.48 bits per heavy atom. The van der Waals surface area contributed by atoms with Gasteiger partial charge in [-0.05, 0) is 24.6 Å². The van der Waals surface area contributed by atoms with Crippen molar-refractivity contribution in [2.24, 2.45) is 0 Å². The van der Waals surface area contributed by atoms with Crippen molar-refractivity contribution in [1.82, 2.24) is 0 Å². The van der Waals surface area contributed by atoms with Crippen LogP contribution in [0.3, 0.4) is 0 Å². The summed E-state index contributed by atoms with van der Waals surface area (Å²) in [5.41, 5.74) is 0.229. The van der Waals surface area contributed by atoms with Gasteiger partial charge < -0.3 is 14.9 Å². The summed E-state index contributed by atoms with van der Waals surface area (Å²) < 4.78 is 31.0. The summed E-state index contributed by atoms with van der Waals surface area (Å²) >= 11 is 0. The van der Waals surface area contributed by atoms with Crippen LogP contribution in [0, 0.1) is 6.92 Å². The Kier molecular flexibility index (Phi) is 5.24. The van der Waals surface area contributed by atoms with Gasteiger partial charge in [0, 0.05) is 6.07 Å². The lowest BCUT2D eigenvalue weighted by Crippen LogP contribution is -2.10. The molecule has 0 aliphatic rings. The molecule has 1 aromatic carbocycles. The molecular formula is C15H14F2O4. The Bertz CT molecular complexity index is 633. The predicted octanol–water partition coefficient (Wildman–Crippen LogP) is 3.46. The fraction of sp³-hybridized carbons (Fsp3) is 0.133. The number of aromatic hydroxyl groups is 2. The van der Waals surface area contributed by atoms with Crippen LogP contribution in [0.5, 0.6) is 11.5 Å². The third-order valence-corrected chi connectivity index (χ3v) is 2.60. The molecule has 0 unspecified atom stereocenters. The van der Waals surface area contributed by atoms with Gasteiger partial charge in [-0.2, -0.15) is 0 Å². The third-order valence-electron chi connectivity index (χ3n) is 2.60. The summed E-state index contributed by atoms with van der Waals surface area (Å²) in [6.45, 7) is 6.81. The molecule has 0 saturated carbocycles. The summed E-state index contributed by atoms with van der Waals surface area (Å²) in [5.74, 6) is -4.46. The molecule has 0 saturated heterocycles. The predicted molar refractivity (Wildman–Crippen MR) is 73.4 cm³/mol. The highest BCUT2D eigenvalue weighted by molar-refractivity contribution is 6.00. The molecule has 0 spiro atoms. The van der Waals surface area contributed by atoms with E-state index in [2.05, 4.69) is 13.2 Å². The van der Waals surface area contributed by atoms with E-state index < -0.39 is 35.6 Å². The van der Waals surface area contributed by atoms with E-state index in [1.165, 1.54) is 13.0 Å². The average molecular weight is 296 g/mol. The van der Waals surface area contributed by atoms with Crippen LogP contribution >= 0.6 is 0 Å². The van der Waals surface area contributed by atoms with Crippen molar-refractivity contribution in [3.05, 3.63) is 59.9 Å². The van der Waals surface area contributed by atoms with Crippen LogP contribution < -0.4 is 0 Å². The van der Waals surface area contributed by atoms with Gasteiger partial charge in [0.1, 0.15) is 11.5 Å². The molecule has 0 amide bonds. The van der Waals surface area contributed by atoms with Gasteiger partial charge in [0.25, 0.3) is 0 Å². The molecule has 112 valence electrons. The van der Waals surface area contributed by atoms with E-state index in [1.807, 2.05) is 0 Å². The van der Waals surface area contributed by atoms with Crippen LogP contribution in [0.4, 0.5) is 8.78 Å². The van der Waals surface area contributed by atoms with E-state index in [1.54, 1.807) is 0 Å². The molecule has 2 N–H and O–H groups in total. The standard InChI is InChI=1S/C15H14F2O4/c1-4-11(17)15(9(3)16)21-7-14(20)10-5-8(2)12(18)6-13(10)19/h4-6,18-19H,1,3,7H2,2H3/b15-11-. The van der Waals surface area contributed by atoms with Crippen molar-refractivity contribution >= 4 is 5.78 Å². The van der Waals surface area contributed by atoms with Crippen molar-refractivity contribution in [3.8, 4) is 11.5 Å². The maximum atomic E-state index is 13.2. The van der Waals surface area contributed by atoms with Crippen LogP contribution in [0.1, 0.15) is 15.9 Å². The Hall–Kier alpha value is -2.63. The molecule has 21 heavy (non-hydrogen) atoms. The van der Waals surface area contributed by atoms with E-state index in [0.717, 1.165) is 6.07 Å². The fourth-order valence-corrected chi connectivity index (χ4v) is 1.49. The number of phenols is 2. The molecule has 0 radical (unpaired) electrons. The lowest BCUT2D eigenvalue weighted by molar-refractivity contribution is 0.0854. The summed E-state index contributed by atoms with van der Waals surface area (Å²) in [6.07, 6.45) is 0.715. The minimum absolute atomic E-state index is 0.131. The average Bonchev–Trinajstić information content (AvgIpc) is 2.42. The van der Waals surface area contributed by atoms with E-state index in [9.17, 15) is 23.8 Å². The summed E-state index contributed by atoms with van der Waals surface area (Å²) in [7, 11) is 0. The van der Waals surface area contributed by atoms with E-state index in [4.69, 9.17) is 4.74 Å². The Balaban J connectivity index is 2.95. The number of carbonyl (C=O) groups is 1. The first-order valence-corrected chi connectivity index (χ1v) is 5.83. The molecule has 0 atom stereocenters. The SMILES string of the molecule is C=C/C(F)=C(/OCC(=O)c1cc(C)c(O)cc1O)C(=C)F. The van der Waals surface area contributed by atoms with Crippen LogP contribution in [0.2, 0.25) is 0 Å². The number of ether oxygens (including phenoxy) is 1. The first kappa shape index (κ1) is 16.4. The molecule has 0 aliphatic carbocycles. The number of phenolic OH excluding ortho intramolecular Hbond substituents is 2. The minimum Gasteiger partial charge on any atom is -0.508 e. The number of ketones is 1. The van der Waals surface area contributed by atoms with Crippen molar-refractivity contribution in [2.45, 2.75) is 6.92 Å². The van der Waals surface area contributed by atoms with Gasteiger partial charge in [0.15, 0.2) is 24.0 Å². The van der Waals surface area contributed by atoms with E-state index in [0.29, 0.717) is 11.6 Å². The second-order valence-corrected chi connectivity index (χ2v) is 4.15. The number of benzene rings is 1. The van der Waals surface area contributed by atoms with Gasteiger partial charge >= 0.3 is 0 Å². The number of hydrogen-bond donors (Lipinski definition) is 2. The summed E-state index contributed by atoms with van der Waals surface area (Å²) in [5, 5.41) is 19.0. The molecule has 0 fully saturated rings. The molecule has 4 nitrogen and oxygen atoms in total. The molecule has 0 heterocycles. The van der Waals surface area contributed by atoms with Gasteiger partial charge in [-0.25, -0.2) is 8.78 Å². The lowest BCUT2D eigenvalue weighted by Gasteiger charge is -2.10. The van der Waals surface area contributed by atoms with Gasteiger partial charge in [0.05, 0.1) is 5.56 Å². The van der Waals surface area contributed by atoms with Crippen molar-refractivity contribution < 1.29 is 28.5 Å². The minimum atomic E-state index is -1.19. The fourth-order valence-electron chi connectivity index (χ4n) is 1.49. The number of aryl methyl sites for hydroxylation is 1. The quantitative estimate of drug-likeness (QED) is 0.479. The Labute approximate surface area is 120 Å². The van der Waals surface area contributed by atoms with E-state index in [-0.39, 0.29) is 11.3 Å². The summed E-state index contributed by atoms with van der Waals surface area (Å²) in [4.78, 5) is 11.9. The van der Waals surface area contributed by atoms with Gasteiger partial charge in [-0.1, -0.05) is 13.2 Å². The Morgan fingerprint density at radius 1 is 1.33 bits per heavy atom. The van der Waals surface area contributed by atoms with Crippen LogP contribution in [0.25, 0.3) is 0 Å². The molecule has 6 heteroatoms. The number of allylic oxidation sites excluding steroid dienone is 3. The normalized spacial score (nSPS) is 11.6. The lowest BCUT2D eigenvalue weighted by atomic mass is 10.1. The number of hydrogen-bond acceptors (Lipinski definition) is 4. The molecule has 0 aliphatic heterocycles. The smallest absolute Gasteiger partial charge is 0.203 e. The summed E-state index contributed by atoms with van der Waals surface area (Å²) in [6, 6.07) is 2.24. The molecule has 0 aromatic heterocycles. The molecule has 0 bridgehead atoms. The number of carbonyl (C=O) groups excluding carboxylic acids is 1. The largest absolute Gasteiger partial charge is 0.508 e. The van der Waals surface area contributed by atoms with E-state index >= 15 is 0 Å². The van der Waals surface area contributed by atoms with Crippen LogP contribution in [0.15, 0.2) is 48.8 Å².